The van der Waals surface area contributed by atoms with Crippen LogP contribution in [0, 0.1) is 6.92 Å². The summed E-state index contributed by atoms with van der Waals surface area (Å²) in [5.41, 5.74) is 0.703. The number of thiazole rings is 1. The van der Waals surface area contributed by atoms with E-state index in [-0.39, 0.29) is 5.91 Å². The van der Waals surface area contributed by atoms with Crippen LogP contribution in [0.2, 0.25) is 0 Å². The zero-order valence-corrected chi connectivity index (χ0v) is 16.1. The molecule has 0 unspecified atom stereocenters. The van der Waals surface area contributed by atoms with Gasteiger partial charge in [-0.3, -0.25) is 4.79 Å². The van der Waals surface area contributed by atoms with Crippen molar-refractivity contribution < 1.29 is 4.79 Å². The molecule has 0 atom stereocenters. The predicted octanol–water partition coefficient (Wildman–Crippen LogP) is 2.04. The number of nitrogens with zero attached hydrogens (tertiary/aromatic N) is 6. The Morgan fingerprint density at radius 3 is 2.63 bits per heavy atom. The number of aromatic nitrogens is 4. The topological polar surface area (TPSA) is 79.2 Å². The third-order valence-electron chi connectivity index (χ3n) is 4.54. The first kappa shape index (κ1) is 17.6. The summed E-state index contributed by atoms with van der Waals surface area (Å²) in [6, 6.07) is 5.68. The van der Waals surface area contributed by atoms with E-state index in [0.29, 0.717) is 16.4 Å². The van der Waals surface area contributed by atoms with E-state index in [9.17, 15) is 4.79 Å². The number of aryl methyl sites for hydroxylation is 1. The minimum Gasteiger partial charge on any atom is -0.354 e. The Labute approximate surface area is 161 Å². The number of hydrogen-bond acceptors (Lipinski definition) is 7. The van der Waals surface area contributed by atoms with Gasteiger partial charge in [0, 0.05) is 44.6 Å². The number of carbonyl (C=O) groups excluding carboxylic acids is 1. The van der Waals surface area contributed by atoms with Crippen LogP contribution >= 0.6 is 11.3 Å². The monoisotopic (exact) mass is 383 g/mol. The highest BCUT2D eigenvalue weighted by molar-refractivity contribution is 7.16. The second kappa shape index (κ2) is 7.45. The number of likely N-dealkylation sites (N-methyl/N-ethyl adjacent to an activating group) is 1. The lowest BCUT2D eigenvalue weighted by molar-refractivity contribution is 0.102. The molecule has 0 aromatic carbocycles. The van der Waals surface area contributed by atoms with Gasteiger partial charge in [-0.1, -0.05) is 11.3 Å². The molecule has 27 heavy (non-hydrogen) atoms. The molecule has 1 aliphatic heterocycles. The molecule has 1 saturated heterocycles. The first-order valence-corrected chi connectivity index (χ1v) is 9.59. The molecule has 4 rings (SSSR count). The molecule has 9 heteroatoms. The lowest BCUT2D eigenvalue weighted by atomic mass is 10.3. The molecule has 3 aromatic rings. The van der Waals surface area contributed by atoms with Crippen molar-refractivity contribution in [1.82, 2.24) is 24.4 Å². The van der Waals surface area contributed by atoms with E-state index in [4.69, 9.17) is 0 Å². The van der Waals surface area contributed by atoms with Crippen molar-refractivity contribution in [2.24, 2.45) is 0 Å². The summed E-state index contributed by atoms with van der Waals surface area (Å²) < 4.78 is 1.89. The van der Waals surface area contributed by atoms with Crippen LogP contribution in [-0.4, -0.2) is 63.6 Å². The average Bonchev–Trinajstić information content (AvgIpc) is 3.32. The fourth-order valence-electron chi connectivity index (χ4n) is 2.96. The van der Waals surface area contributed by atoms with Gasteiger partial charge in [-0.2, -0.15) is 0 Å². The highest BCUT2D eigenvalue weighted by Crippen LogP contribution is 2.23. The molecule has 0 bridgehead atoms. The summed E-state index contributed by atoms with van der Waals surface area (Å²) in [5, 5.41) is 3.65. The van der Waals surface area contributed by atoms with E-state index < -0.39 is 0 Å². The van der Waals surface area contributed by atoms with Crippen LogP contribution in [-0.2, 0) is 0 Å². The molecule has 1 aliphatic rings. The van der Waals surface area contributed by atoms with Gasteiger partial charge >= 0.3 is 0 Å². The van der Waals surface area contributed by atoms with Gasteiger partial charge in [0.2, 0.25) is 0 Å². The van der Waals surface area contributed by atoms with Crippen LogP contribution in [0.5, 0.6) is 0 Å². The predicted molar refractivity (Wildman–Crippen MR) is 106 cm³/mol. The van der Waals surface area contributed by atoms with Gasteiger partial charge in [0.1, 0.15) is 22.8 Å². The Morgan fingerprint density at radius 1 is 1.15 bits per heavy atom. The van der Waals surface area contributed by atoms with Crippen molar-refractivity contribution in [3.8, 4) is 5.13 Å². The number of piperazine rings is 1. The second-order valence-electron chi connectivity index (χ2n) is 6.51. The summed E-state index contributed by atoms with van der Waals surface area (Å²) in [6.45, 7) is 5.65. The Balaban J connectivity index is 1.49. The van der Waals surface area contributed by atoms with Crippen LogP contribution in [0.1, 0.15) is 15.4 Å². The van der Waals surface area contributed by atoms with Gasteiger partial charge in [0.05, 0.1) is 5.69 Å². The molecular weight excluding hydrogens is 362 g/mol. The minimum atomic E-state index is -0.202. The molecule has 1 amide bonds. The van der Waals surface area contributed by atoms with Crippen molar-refractivity contribution in [2.75, 3.05) is 43.4 Å². The van der Waals surface area contributed by atoms with E-state index in [1.807, 2.05) is 42.1 Å². The Hall–Kier alpha value is -2.78. The third kappa shape index (κ3) is 3.83. The van der Waals surface area contributed by atoms with Crippen molar-refractivity contribution in [2.45, 2.75) is 6.92 Å². The Morgan fingerprint density at radius 2 is 1.89 bits per heavy atom. The van der Waals surface area contributed by atoms with E-state index in [0.717, 1.165) is 37.1 Å². The lowest BCUT2D eigenvalue weighted by Gasteiger charge is -2.33. The molecule has 140 valence electrons. The van der Waals surface area contributed by atoms with E-state index >= 15 is 0 Å². The Kier molecular flexibility index (Phi) is 4.87. The molecule has 0 spiro atoms. The van der Waals surface area contributed by atoms with Gasteiger partial charge in [0.15, 0.2) is 5.13 Å². The molecular formula is C18H21N7OS. The summed E-state index contributed by atoms with van der Waals surface area (Å²) >= 11 is 1.36. The largest absolute Gasteiger partial charge is 0.354 e. The molecule has 3 aromatic heterocycles. The number of rotatable bonds is 4. The fourth-order valence-corrected chi connectivity index (χ4v) is 3.89. The van der Waals surface area contributed by atoms with Crippen molar-refractivity contribution in [1.29, 1.82) is 0 Å². The van der Waals surface area contributed by atoms with E-state index in [2.05, 4.69) is 37.1 Å². The SMILES string of the molecule is Cc1nc(-n2cccc2)sc1C(=O)Nc1cc(N2CCN(C)CC2)ncn1. The standard InChI is InChI=1S/C18H21N7OS/c1-13-16(27-18(21-13)25-5-3-4-6-25)17(26)22-14-11-15(20-12-19-14)24-9-7-23(2)8-10-24/h3-6,11-12H,7-10H2,1-2H3,(H,19,20,22,26). The Bertz CT molecular complexity index is 929. The zero-order chi connectivity index (χ0) is 18.8. The molecule has 4 heterocycles. The molecule has 8 nitrogen and oxygen atoms in total. The first-order chi connectivity index (χ1) is 13.1. The van der Waals surface area contributed by atoms with Gasteiger partial charge in [-0.25, -0.2) is 15.0 Å². The maximum Gasteiger partial charge on any atom is 0.268 e. The number of nitrogens with one attached hydrogen (secondary N) is 1. The number of carbonyl (C=O) groups is 1. The van der Waals surface area contributed by atoms with Crippen LogP contribution in [0.15, 0.2) is 36.9 Å². The van der Waals surface area contributed by atoms with Gasteiger partial charge in [-0.05, 0) is 26.1 Å². The van der Waals surface area contributed by atoms with Gasteiger partial charge in [0.25, 0.3) is 5.91 Å². The van der Waals surface area contributed by atoms with E-state index in [1.165, 1.54) is 17.7 Å². The quantitative estimate of drug-likeness (QED) is 0.743. The number of amides is 1. The highest BCUT2D eigenvalue weighted by atomic mass is 32.1. The van der Waals surface area contributed by atoms with E-state index in [1.54, 1.807) is 0 Å². The number of hydrogen-bond donors (Lipinski definition) is 1. The van der Waals surface area contributed by atoms with Gasteiger partial charge < -0.3 is 19.7 Å². The summed E-state index contributed by atoms with van der Waals surface area (Å²) in [4.78, 5) is 30.8. The van der Waals surface area contributed by atoms with Crippen molar-refractivity contribution in [3.05, 3.63) is 47.5 Å². The maximum absolute atomic E-state index is 12.7. The van der Waals surface area contributed by atoms with Crippen LogP contribution < -0.4 is 10.2 Å². The van der Waals surface area contributed by atoms with Gasteiger partial charge in [-0.15, -0.1) is 0 Å². The van der Waals surface area contributed by atoms with Crippen LogP contribution in [0.25, 0.3) is 5.13 Å². The highest BCUT2D eigenvalue weighted by Gasteiger charge is 2.19. The fraction of sp³-hybridized carbons (Fsp3) is 0.333. The molecule has 1 fully saturated rings. The average molecular weight is 383 g/mol. The van der Waals surface area contributed by atoms with Crippen molar-refractivity contribution >= 4 is 28.9 Å². The first-order valence-electron chi connectivity index (χ1n) is 8.78. The summed E-state index contributed by atoms with van der Waals surface area (Å²) in [6.07, 6.45) is 5.31. The normalized spacial score (nSPS) is 15.1. The molecule has 1 N–H and O–H groups in total. The summed E-state index contributed by atoms with van der Waals surface area (Å²) in [7, 11) is 2.11. The zero-order valence-electron chi connectivity index (χ0n) is 15.3. The lowest BCUT2D eigenvalue weighted by Crippen LogP contribution is -2.44. The minimum absolute atomic E-state index is 0.202. The van der Waals surface area contributed by atoms with Crippen molar-refractivity contribution in [3.63, 3.8) is 0 Å². The van der Waals surface area contributed by atoms with Crippen LogP contribution in [0.4, 0.5) is 11.6 Å². The summed E-state index contributed by atoms with van der Waals surface area (Å²) in [5.74, 6) is 1.13. The third-order valence-corrected chi connectivity index (χ3v) is 5.71. The smallest absolute Gasteiger partial charge is 0.268 e. The second-order valence-corrected chi connectivity index (χ2v) is 7.48. The number of anilines is 2. The molecule has 0 saturated carbocycles. The van der Waals surface area contributed by atoms with Crippen LogP contribution in [0.3, 0.4) is 0 Å². The molecule has 0 radical (unpaired) electrons. The molecule has 0 aliphatic carbocycles. The maximum atomic E-state index is 12.7.